The highest BCUT2D eigenvalue weighted by Crippen LogP contribution is 2.49. The van der Waals surface area contributed by atoms with Gasteiger partial charge in [0.15, 0.2) is 0 Å². The highest BCUT2D eigenvalue weighted by atomic mass is 35.5. The van der Waals surface area contributed by atoms with Gasteiger partial charge in [-0.1, -0.05) is 43.5 Å². The fraction of sp³-hybridized carbons (Fsp3) is 0.571. The second-order valence-electron chi connectivity index (χ2n) is 5.07. The predicted molar refractivity (Wildman–Crippen MR) is 72.7 cm³/mol. The first-order valence-corrected chi connectivity index (χ1v) is 6.81. The average Bonchev–Trinajstić information content (AvgIpc) is 2.82. The molecule has 1 saturated carbocycles. The van der Waals surface area contributed by atoms with Gasteiger partial charge in [-0.25, -0.2) is 0 Å². The first kappa shape index (κ1) is 12.9. The fourth-order valence-corrected chi connectivity index (χ4v) is 3.33. The van der Waals surface area contributed by atoms with Crippen LogP contribution in [0.3, 0.4) is 0 Å². The average molecular weight is 253 g/mol. The van der Waals surface area contributed by atoms with Gasteiger partial charge in [0.2, 0.25) is 0 Å². The molecular weight excluding hydrogens is 232 g/mol. The van der Waals surface area contributed by atoms with Gasteiger partial charge < -0.3 is 0 Å². The molecule has 0 aromatic heterocycles. The van der Waals surface area contributed by atoms with E-state index in [4.69, 9.17) is 17.4 Å². The lowest BCUT2D eigenvalue weighted by molar-refractivity contribution is 0.188. The van der Waals surface area contributed by atoms with Gasteiger partial charge in [0, 0.05) is 5.02 Å². The topological polar surface area (TPSA) is 38.0 Å². The van der Waals surface area contributed by atoms with Gasteiger partial charge in [-0.2, -0.15) is 0 Å². The highest BCUT2D eigenvalue weighted by Gasteiger charge is 2.39. The van der Waals surface area contributed by atoms with E-state index in [1.807, 2.05) is 12.1 Å². The molecule has 0 aliphatic heterocycles. The standard InChI is InChI=1S/C14H21ClN2/c1-2-14(9-3-4-10-14)13(17-16)11-5-7-12(15)8-6-11/h5-8,13,17H,2-4,9-10,16H2,1H3. The number of nitrogens with one attached hydrogen (secondary N) is 1. The summed E-state index contributed by atoms with van der Waals surface area (Å²) in [6, 6.07) is 8.30. The third kappa shape index (κ3) is 2.49. The van der Waals surface area contributed by atoms with Gasteiger partial charge >= 0.3 is 0 Å². The third-order valence-electron chi connectivity index (χ3n) is 4.29. The highest BCUT2D eigenvalue weighted by molar-refractivity contribution is 6.30. The van der Waals surface area contributed by atoms with Crippen molar-refractivity contribution in [2.24, 2.45) is 11.3 Å². The molecule has 2 rings (SSSR count). The molecule has 94 valence electrons. The summed E-state index contributed by atoms with van der Waals surface area (Å²) in [5, 5.41) is 0.779. The Balaban J connectivity index is 2.28. The molecule has 1 atom stereocenters. The zero-order valence-electron chi connectivity index (χ0n) is 10.4. The first-order valence-electron chi connectivity index (χ1n) is 6.43. The summed E-state index contributed by atoms with van der Waals surface area (Å²) >= 11 is 5.94. The van der Waals surface area contributed by atoms with Gasteiger partial charge in [-0.15, -0.1) is 0 Å². The van der Waals surface area contributed by atoms with Crippen LogP contribution in [0.5, 0.6) is 0 Å². The number of hydrazine groups is 1. The summed E-state index contributed by atoms with van der Waals surface area (Å²) in [4.78, 5) is 0. The van der Waals surface area contributed by atoms with E-state index in [0.717, 1.165) is 5.02 Å². The zero-order valence-corrected chi connectivity index (χ0v) is 11.1. The zero-order chi connectivity index (χ0) is 12.3. The molecule has 1 aromatic carbocycles. The lowest BCUT2D eigenvalue weighted by Crippen LogP contribution is -2.40. The number of benzene rings is 1. The number of nitrogens with two attached hydrogens (primary N) is 1. The van der Waals surface area contributed by atoms with Crippen LogP contribution < -0.4 is 11.3 Å². The van der Waals surface area contributed by atoms with Crippen LogP contribution in [0.4, 0.5) is 0 Å². The van der Waals surface area contributed by atoms with Gasteiger partial charge in [-0.3, -0.25) is 11.3 Å². The Labute approximate surface area is 109 Å². The molecule has 1 fully saturated rings. The second-order valence-corrected chi connectivity index (χ2v) is 5.51. The van der Waals surface area contributed by atoms with Crippen LogP contribution in [0, 0.1) is 5.41 Å². The van der Waals surface area contributed by atoms with Crippen molar-refractivity contribution in [2.75, 3.05) is 0 Å². The van der Waals surface area contributed by atoms with Gasteiger partial charge in [0.05, 0.1) is 6.04 Å². The lowest BCUT2D eigenvalue weighted by Gasteiger charge is -2.37. The summed E-state index contributed by atoms with van der Waals surface area (Å²) in [6.07, 6.45) is 6.34. The Hall–Kier alpha value is -0.570. The molecule has 0 amide bonds. The normalized spacial score (nSPS) is 20.4. The molecular formula is C14H21ClN2. The summed E-state index contributed by atoms with van der Waals surface area (Å²) in [6.45, 7) is 2.27. The van der Waals surface area contributed by atoms with Crippen molar-refractivity contribution in [2.45, 2.75) is 45.1 Å². The Morgan fingerprint density at radius 1 is 1.29 bits per heavy atom. The van der Waals surface area contributed by atoms with Crippen molar-refractivity contribution in [1.29, 1.82) is 0 Å². The van der Waals surface area contributed by atoms with Gasteiger partial charge in [0.25, 0.3) is 0 Å². The van der Waals surface area contributed by atoms with Crippen LogP contribution in [0.25, 0.3) is 0 Å². The summed E-state index contributed by atoms with van der Waals surface area (Å²) in [5.41, 5.74) is 4.60. The van der Waals surface area contributed by atoms with E-state index in [-0.39, 0.29) is 6.04 Å². The third-order valence-corrected chi connectivity index (χ3v) is 4.54. The van der Waals surface area contributed by atoms with Crippen LogP contribution in [0.15, 0.2) is 24.3 Å². The van der Waals surface area contributed by atoms with Crippen molar-refractivity contribution in [3.05, 3.63) is 34.9 Å². The molecule has 1 aliphatic carbocycles. The van der Waals surface area contributed by atoms with E-state index in [1.165, 1.54) is 37.7 Å². The Morgan fingerprint density at radius 3 is 2.35 bits per heavy atom. The van der Waals surface area contributed by atoms with Crippen LogP contribution >= 0.6 is 11.6 Å². The molecule has 1 unspecified atom stereocenters. The first-order chi connectivity index (χ1) is 8.22. The fourth-order valence-electron chi connectivity index (χ4n) is 3.21. The van der Waals surface area contributed by atoms with Crippen LogP contribution in [0.1, 0.15) is 50.6 Å². The Kier molecular flexibility index (Phi) is 4.08. The van der Waals surface area contributed by atoms with Crippen LogP contribution in [-0.4, -0.2) is 0 Å². The number of hydrogen-bond donors (Lipinski definition) is 2. The van der Waals surface area contributed by atoms with Crippen LogP contribution in [0.2, 0.25) is 5.02 Å². The molecule has 0 radical (unpaired) electrons. The SMILES string of the molecule is CCC1(C(NN)c2ccc(Cl)cc2)CCCC1. The minimum Gasteiger partial charge on any atom is -0.271 e. The van der Waals surface area contributed by atoms with E-state index in [0.29, 0.717) is 5.41 Å². The molecule has 17 heavy (non-hydrogen) atoms. The second kappa shape index (κ2) is 5.38. The van der Waals surface area contributed by atoms with E-state index in [2.05, 4.69) is 24.5 Å². The molecule has 0 spiro atoms. The quantitative estimate of drug-likeness (QED) is 0.632. The predicted octanol–water partition coefficient (Wildman–Crippen LogP) is 3.81. The monoisotopic (exact) mass is 252 g/mol. The Morgan fingerprint density at radius 2 is 1.88 bits per heavy atom. The van der Waals surface area contributed by atoms with Crippen molar-refractivity contribution < 1.29 is 0 Å². The molecule has 0 saturated heterocycles. The molecule has 0 bridgehead atoms. The molecule has 3 N–H and O–H groups in total. The summed E-state index contributed by atoms with van der Waals surface area (Å²) < 4.78 is 0. The van der Waals surface area contributed by atoms with Gasteiger partial charge in [-0.05, 0) is 42.4 Å². The maximum atomic E-state index is 5.94. The number of halogens is 1. The number of rotatable bonds is 4. The lowest BCUT2D eigenvalue weighted by atomic mass is 9.74. The minimum absolute atomic E-state index is 0.243. The van der Waals surface area contributed by atoms with Crippen molar-refractivity contribution in [3.63, 3.8) is 0 Å². The molecule has 2 nitrogen and oxygen atoms in total. The molecule has 3 heteroatoms. The maximum Gasteiger partial charge on any atom is 0.0516 e. The minimum atomic E-state index is 0.243. The molecule has 1 aromatic rings. The van der Waals surface area contributed by atoms with E-state index in [1.54, 1.807) is 0 Å². The molecule has 0 heterocycles. The van der Waals surface area contributed by atoms with Gasteiger partial charge in [0.1, 0.15) is 0 Å². The van der Waals surface area contributed by atoms with E-state index < -0.39 is 0 Å². The van der Waals surface area contributed by atoms with E-state index >= 15 is 0 Å². The molecule has 1 aliphatic rings. The van der Waals surface area contributed by atoms with E-state index in [9.17, 15) is 0 Å². The van der Waals surface area contributed by atoms with Crippen molar-refractivity contribution in [1.82, 2.24) is 5.43 Å². The largest absolute Gasteiger partial charge is 0.271 e. The maximum absolute atomic E-state index is 5.94. The summed E-state index contributed by atoms with van der Waals surface area (Å²) in [5.74, 6) is 5.80. The smallest absolute Gasteiger partial charge is 0.0516 e. The Bertz CT molecular complexity index is 355. The van der Waals surface area contributed by atoms with Crippen LogP contribution in [-0.2, 0) is 0 Å². The summed E-state index contributed by atoms with van der Waals surface area (Å²) in [7, 11) is 0. The van der Waals surface area contributed by atoms with Crippen molar-refractivity contribution in [3.8, 4) is 0 Å². The number of hydrogen-bond acceptors (Lipinski definition) is 2. The van der Waals surface area contributed by atoms with Crippen molar-refractivity contribution >= 4 is 11.6 Å².